The van der Waals surface area contributed by atoms with E-state index in [1.165, 1.54) is 0 Å². The van der Waals surface area contributed by atoms with Crippen LogP contribution < -0.4 is 0 Å². The van der Waals surface area contributed by atoms with Gasteiger partial charge in [-0.2, -0.15) is 0 Å². The Morgan fingerprint density at radius 3 is 1.50 bits per heavy atom. The van der Waals surface area contributed by atoms with Crippen LogP contribution in [0.1, 0.15) is 5.82 Å². The first-order chi connectivity index (χ1) is 11.3. The van der Waals surface area contributed by atoms with Crippen LogP contribution in [0, 0.1) is 0 Å². The predicted octanol–water partition coefficient (Wildman–Crippen LogP) is 6.34. The van der Waals surface area contributed by atoms with Crippen LogP contribution >= 0.6 is 58.0 Å². The van der Waals surface area contributed by atoms with Crippen LogP contribution in [0.3, 0.4) is 0 Å². The fraction of sp³-hybridized carbons (Fsp3) is 0.0625. The molecule has 0 aliphatic heterocycles. The van der Waals surface area contributed by atoms with Gasteiger partial charge in [-0.25, -0.2) is 15.0 Å². The summed E-state index contributed by atoms with van der Waals surface area (Å²) in [7, 11) is 0. The molecule has 2 aromatic carbocycles. The lowest BCUT2D eigenvalue weighted by molar-refractivity contribution is 0.932. The topological polar surface area (TPSA) is 38.7 Å². The van der Waals surface area contributed by atoms with Gasteiger partial charge in [0.15, 0.2) is 17.5 Å². The van der Waals surface area contributed by atoms with Crippen molar-refractivity contribution in [1.29, 1.82) is 0 Å². The monoisotopic (exact) mass is 417 g/mol. The van der Waals surface area contributed by atoms with E-state index < -0.39 is 3.79 Å². The molecular weight excluding hydrogens is 411 g/mol. The Bertz CT molecular complexity index is 829. The zero-order chi connectivity index (χ0) is 17.3. The normalized spacial score (nSPS) is 11.5. The fourth-order valence-electron chi connectivity index (χ4n) is 2.02. The molecule has 0 amide bonds. The number of hydrogen-bond donors (Lipinski definition) is 0. The van der Waals surface area contributed by atoms with E-state index >= 15 is 0 Å². The molecule has 0 spiro atoms. The van der Waals surface area contributed by atoms with Gasteiger partial charge in [0.1, 0.15) is 0 Å². The van der Waals surface area contributed by atoms with Crippen molar-refractivity contribution < 1.29 is 0 Å². The van der Waals surface area contributed by atoms with Gasteiger partial charge in [0.25, 0.3) is 0 Å². The van der Waals surface area contributed by atoms with E-state index in [0.29, 0.717) is 32.8 Å². The molecule has 122 valence electrons. The summed E-state index contributed by atoms with van der Waals surface area (Å²) in [4.78, 5) is 13.0. The van der Waals surface area contributed by atoms with Gasteiger partial charge in [0.05, 0.1) is 0 Å². The van der Waals surface area contributed by atoms with E-state index in [4.69, 9.17) is 58.0 Å². The second-order valence-corrected chi connectivity index (χ2v) is 7.98. The molecule has 0 aliphatic rings. The maximum Gasteiger partial charge on any atom is 0.250 e. The van der Waals surface area contributed by atoms with Gasteiger partial charge in [-0.15, -0.1) is 0 Å². The molecule has 3 rings (SSSR count). The lowest BCUT2D eigenvalue weighted by Gasteiger charge is -2.12. The molecule has 1 heterocycles. The minimum atomic E-state index is -1.79. The molecule has 0 aliphatic carbocycles. The maximum absolute atomic E-state index is 6.04. The number of hydrogen-bond acceptors (Lipinski definition) is 3. The minimum Gasteiger partial charge on any atom is -0.208 e. The summed E-state index contributed by atoms with van der Waals surface area (Å²) >= 11 is 30.0. The van der Waals surface area contributed by atoms with E-state index in [2.05, 4.69) is 15.0 Å². The third kappa shape index (κ3) is 4.11. The van der Waals surface area contributed by atoms with Crippen molar-refractivity contribution in [3.8, 4) is 22.8 Å². The van der Waals surface area contributed by atoms with Gasteiger partial charge >= 0.3 is 0 Å². The van der Waals surface area contributed by atoms with Crippen molar-refractivity contribution >= 4 is 58.0 Å². The molecule has 0 bridgehead atoms. The lowest BCUT2D eigenvalue weighted by atomic mass is 10.2. The molecule has 0 unspecified atom stereocenters. The van der Waals surface area contributed by atoms with Gasteiger partial charge in [-0.1, -0.05) is 82.3 Å². The number of aromatic nitrogens is 3. The smallest absolute Gasteiger partial charge is 0.208 e. The zero-order valence-electron chi connectivity index (χ0n) is 11.9. The van der Waals surface area contributed by atoms with Crippen LogP contribution in [0.4, 0.5) is 0 Å². The highest BCUT2D eigenvalue weighted by atomic mass is 35.6. The first-order valence-corrected chi connectivity index (χ1v) is 8.57. The highest BCUT2D eigenvalue weighted by molar-refractivity contribution is 6.66. The molecule has 0 radical (unpaired) electrons. The second kappa shape index (κ2) is 7.03. The number of benzene rings is 2. The number of halogens is 5. The van der Waals surface area contributed by atoms with E-state index in [1.54, 1.807) is 36.4 Å². The summed E-state index contributed by atoms with van der Waals surface area (Å²) in [5.74, 6) is 0.722. The average molecular weight is 420 g/mol. The Labute approximate surface area is 163 Å². The lowest BCUT2D eigenvalue weighted by Crippen LogP contribution is -2.11. The van der Waals surface area contributed by atoms with Crippen LogP contribution in [0.5, 0.6) is 0 Å². The zero-order valence-corrected chi connectivity index (χ0v) is 15.6. The molecule has 0 saturated heterocycles. The average Bonchev–Trinajstić information content (AvgIpc) is 2.53. The Morgan fingerprint density at radius 1 is 0.667 bits per heavy atom. The Kier molecular flexibility index (Phi) is 5.19. The van der Waals surface area contributed by atoms with Crippen LogP contribution in [-0.4, -0.2) is 15.0 Å². The summed E-state index contributed by atoms with van der Waals surface area (Å²) in [6.45, 7) is 0. The first kappa shape index (κ1) is 17.7. The van der Waals surface area contributed by atoms with Crippen LogP contribution in [0.2, 0.25) is 10.0 Å². The van der Waals surface area contributed by atoms with Gasteiger partial charge in [0.2, 0.25) is 3.79 Å². The number of alkyl halides is 3. The van der Waals surface area contributed by atoms with Crippen molar-refractivity contribution in [1.82, 2.24) is 15.0 Å². The SMILES string of the molecule is Clc1cccc(-c2nc(-c3cccc(Cl)c3)nc(C(Cl)(Cl)Cl)n2)c1. The predicted molar refractivity (Wildman–Crippen MR) is 100.0 cm³/mol. The highest BCUT2D eigenvalue weighted by Crippen LogP contribution is 2.37. The van der Waals surface area contributed by atoms with Gasteiger partial charge in [-0.05, 0) is 24.3 Å². The highest BCUT2D eigenvalue weighted by Gasteiger charge is 2.28. The van der Waals surface area contributed by atoms with Crippen molar-refractivity contribution in [3.63, 3.8) is 0 Å². The Hall–Kier alpha value is -1.10. The fourth-order valence-corrected chi connectivity index (χ4v) is 2.65. The summed E-state index contributed by atoms with van der Waals surface area (Å²) in [6.07, 6.45) is 0. The third-order valence-electron chi connectivity index (χ3n) is 3.05. The Morgan fingerprint density at radius 2 is 1.12 bits per heavy atom. The first-order valence-electron chi connectivity index (χ1n) is 6.68. The van der Waals surface area contributed by atoms with Crippen LogP contribution in [-0.2, 0) is 3.79 Å². The summed E-state index contributed by atoms with van der Waals surface area (Å²) in [5, 5.41) is 1.10. The largest absolute Gasteiger partial charge is 0.250 e. The minimum absolute atomic E-state index is 0.0208. The summed E-state index contributed by atoms with van der Waals surface area (Å²) in [6, 6.07) is 14.1. The van der Waals surface area contributed by atoms with E-state index in [0.717, 1.165) is 0 Å². The molecule has 3 nitrogen and oxygen atoms in total. The third-order valence-corrected chi connectivity index (χ3v) is 4.03. The van der Waals surface area contributed by atoms with Gasteiger partial charge < -0.3 is 0 Å². The van der Waals surface area contributed by atoms with E-state index in [1.807, 2.05) is 12.1 Å². The molecule has 0 fully saturated rings. The molecule has 0 N–H and O–H groups in total. The maximum atomic E-state index is 6.04. The van der Waals surface area contributed by atoms with Crippen molar-refractivity contribution in [2.75, 3.05) is 0 Å². The van der Waals surface area contributed by atoms with Gasteiger partial charge in [-0.3, -0.25) is 0 Å². The van der Waals surface area contributed by atoms with Crippen molar-refractivity contribution in [2.45, 2.75) is 3.79 Å². The number of rotatable bonds is 2. The summed E-state index contributed by atoms with van der Waals surface area (Å²) < 4.78 is -1.79. The quantitative estimate of drug-likeness (QED) is 0.455. The molecular formula is C16H8Cl5N3. The number of nitrogens with zero attached hydrogens (tertiary/aromatic N) is 3. The van der Waals surface area contributed by atoms with Crippen LogP contribution in [0.15, 0.2) is 48.5 Å². The molecule has 1 aromatic heterocycles. The molecule has 24 heavy (non-hydrogen) atoms. The molecule has 0 saturated carbocycles. The molecule has 0 atom stereocenters. The van der Waals surface area contributed by atoms with E-state index in [-0.39, 0.29) is 5.82 Å². The van der Waals surface area contributed by atoms with E-state index in [9.17, 15) is 0 Å². The second-order valence-electron chi connectivity index (χ2n) is 4.82. The summed E-state index contributed by atoms with van der Waals surface area (Å²) in [5.41, 5.74) is 1.37. The Balaban J connectivity index is 2.21. The molecule has 8 heteroatoms. The van der Waals surface area contributed by atoms with Gasteiger partial charge in [0, 0.05) is 21.2 Å². The van der Waals surface area contributed by atoms with Crippen molar-refractivity contribution in [3.05, 3.63) is 64.4 Å². The standard InChI is InChI=1S/C16H8Cl5N3/c17-11-5-1-3-9(7-11)13-22-14(10-4-2-6-12(18)8-10)24-15(23-13)16(19,20)21/h1-8H. The van der Waals surface area contributed by atoms with Crippen LogP contribution in [0.25, 0.3) is 22.8 Å². The van der Waals surface area contributed by atoms with Crippen molar-refractivity contribution in [2.24, 2.45) is 0 Å². The molecule has 3 aromatic rings.